The number of fused-ring (bicyclic) bond motifs is 4. The minimum absolute atomic E-state index is 0.172. The van der Waals surface area contributed by atoms with Crippen molar-refractivity contribution >= 4 is 43.1 Å². The number of hydrogen-bond donors (Lipinski definition) is 0. The number of benzene rings is 12. The van der Waals surface area contributed by atoms with Crippen molar-refractivity contribution < 1.29 is 24.0 Å². The zero-order valence-electron chi connectivity index (χ0n) is 86.8. The lowest BCUT2D eigenvalue weighted by atomic mass is 9.71. The van der Waals surface area contributed by atoms with Gasteiger partial charge in [-0.3, -0.25) is 0 Å². The molecule has 4 aliphatic carbocycles. The van der Waals surface area contributed by atoms with Gasteiger partial charge in [-0.2, -0.15) is 13.7 Å². The van der Waals surface area contributed by atoms with Gasteiger partial charge in [0.05, 0.1) is 38.2 Å². The molecule has 20 rings (SSSR count). The van der Waals surface area contributed by atoms with Crippen LogP contribution in [0, 0.1) is 82.9 Å². The molecule has 696 valence electrons. The minimum atomic E-state index is -0.172. The molecule has 0 aliphatic heterocycles. The molecule has 0 atom stereocenters. The Kier molecular flexibility index (Phi) is 27.6. The Labute approximate surface area is 815 Å². The Balaban J connectivity index is 0.000000127. The van der Waals surface area contributed by atoms with Gasteiger partial charge in [-0.15, -0.1) is 0 Å². The molecule has 0 spiro atoms. The van der Waals surface area contributed by atoms with Crippen LogP contribution < -0.4 is 18.3 Å². The van der Waals surface area contributed by atoms with Crippen LogP contribution in [-0.4, -0.2) is 0 Å². The van der Waals surface area contributed by atoms with E-state index < -0.39 is 0 Å². The summed E-state index contributed by atoms with van der Waals surface area (Å²) in [5, 5.41) is 10.4. The van der Waals surface area contributed by atoms with Crippen molar-refractivity contribution in [2.45, 2.75) is 257 Å². The van der Waals surface area contributed by atoms with Gasteiger partial charge in [0.25, 0.3) is 0 Å². The fraction of sp³-hybridized carbons (Fsp3) is 0.359. The van der Waals surface area contributed by atoms with Crippen LogP contribution in [0.3, 0.4) is 0 Å². The van der Waals surface area contributed by atoms with Crippen LogP contribution in [0.15, 0.2) is 279 Å². The van der Waals surface area contributed by atoms with E-state index in [1.165, 1.54) is 274 Å². The van der Waals surface area contributed by atoms with E-state index in [9.17, 15) is 0 Å². The van der Waals surface area contributed by atoms with E-state index in [-0.39, 0.29) is 5.82 Å². The first-order valence-electron chi connectivity index (χ1n) is 51.6. The molecule has 0 saturated heterocycles. The monoisotopic (exact) mass is 1800 g/mol. The lowest BCUT2D eigenvalue weighted by Gasteiger charge is -2.34. The first-order chi connectivity index (χ1) is 65.4. The molecule has 0 bridgehead atoms. The van der Waals surface area contributed by atoms with Crippen LogP contribution in [-0.2, 0) is 28.2 Å². The van der Waals surface area contributed by atoms with Crippen molar-refractivity contribution in [2.24, 2.45) is 49.9 Å². The van der Waals surface area contributed by atoms with E-state index in [0.717, 1.165) is 28.1 Å². The van der Waals surface area contributed by atoms with Crippen LogP contribution >= 0.6 is 0 Å². The Hall–Kier alpha value is -11.8. The van der Waals surface area contributed by atoms with Crippen LogP contribution in [0.4, 0.5) is 4.39 Å². The van der Waals surface area contributed by atoms with Crippen molar-refractivity contribution in [1.82, 2.24) is 0 Å². The number of halogens is 1. The zero-order valence-corrected chi connectivity index (χ0v) is 85.8. The third-order valence-electron chi connectivity index (χ3n) is 32.7. The quantitative estimate of drug-likeness (QED) is 0.102. The Morgan fingerprint density at radius 3 is 0.985 bits per heavy atom. The van der Waals surface area contributed by atoms with Crippen LogP contribution in [0.25, 0.3) is 133 Å². The maximum atomic E-state index is 15.0. The summed E-state index contributed by atoms with van der Waals surface area (Å²) >= 11 is 0. The average molecular weight is 1800 g/mol. The number of aryl methyl sites for hydroxylation is 6. The van der Waals surface area contributed by atoms with E-state index in [4.69, 9.17) is 1.37 Å². The van der Waals surface area contributed by atoms with Crippen molar-refractivity contribution in [1.29, 1.82) is 0 Å². The highest BCUT2D eigenvalue weighted by Gasteiger charge is 2.35. The molecule has 4 aliphatic rings. The van der Waals surface area contributed by atoms with Crippen molar-refractivity contribution in [3.8, 4) is 89.5 Å². The molecule has 12 aromatic carbocycles. The molecule has 4 nitrogen and oxygen atoms in total. The summed E-state index contributed by atoms with van der Waals surface area (Å²) in [5.74, 6) is 2.92. The van der Waals surface area contributed by atoms with E-state index in [1.807, 2.05) is 50.4 Å². The Morgan fingerprint density at radius 1 is 0.279 bits per heavy atom. The van der Waals surface area contributed by atoms with Gasteiger partial charge in [0, 0.05) is 56.2 Å². The third kappa shape index (κ3) is 20.7. The molecule has 4 heterocycles. The smallest absolute Gasteiger partial charge is 0.206 e. The molecule has 0 amide bonds. The summed E-state index contributed by atoms with van der Waals surface area (Å²) in [5.41, 5.74) is 38.4. The molecule has 5 heteroatoms. The molecule has 0 radical (unpaired) electrons. The molecule has 0 unspecified atom stereocenters. The molecule has 4 fully saturated rings. The van der Waals surface area contributed by atoms with Gasteiger partial charge in [-0.05, 0) is 359 Å². The van der Waals surface area contributed by atoms with Crippen molar-refractivity contribution in [3.63, 3.8) is 0 Å². The van der Waals surface area contributed by atoms with Gasteiger partial charge >= 0.3 is 0 Å². The first-order valence-corrected chi connectivity index (χ1v) is 51.1. The SMILES string of the molecule is Cc1cc(-c2ccccc2)cc(-c2c3ccc(C4CCC(C)(C)CC4)cc3cc(C)[n+]2C)c1C.Cc1cc(-c2ccccc2)ccc1-c1c2ccc(C3CCC(C)(C)CC3)cc2cc(C)[n+]1C.Cc1cc(F)c(-c2ccccc2)cc1-c1c2ccc(C3CCC(C)(C)CC3)cc2cc(C)[n+]1C.[2H]c1cc2cc(C3CCC(C)(C)CC3)ccc2c(-c2cc(-c3ccccc3)cc(C(C)C)c2C)[n+]1C. The van der Waals surface area contributed by atoms with E-state index in [0.29, 0.717) is 63.0 Å². The second-order valence-electron chi connectivity index (χ2n) is 44.9. The number of nitrogens with zero attached hydrogens (tertiary/aromatic N) is 4. The minimum Gasteiger partial charge on any atom is -0.206 e. The average Bonchev–Trinajstić information content (AvgIpc) is 0.753. The van der Waals surface area contributed by atoms with Crippen LogP contribution in [0.1, 0.15) is 276 Å². The summed E-state index contributed by atoms with van der Waals surface area (Å²) in [7, 11) is 8.57. The largest absolute Gasteiger partial charge is 0.220 e. The normalized spacial score (nSPS) is 16.3. The lowest BCUT2D eigenvalue weighted by Crippen LogP contribution is -2.35. The number of aromatic nitrogens is 4. The maximum absolute atomic E-state index is 15.0. The summed E-state index contributed by atoms with van der Waals surface area (Å²) < 4.78 is 32.9. The predicted molar refractivity (Wildman–Crippen MR) is 576 cm³/mol. The van der Waals surface area contributed by atoms with Crippen LogP contribution in [0.2, 0.25) is 0 Å². The molecule has 0 N–H and O–H groups in total. The van der Waals surface area contributed by atoms with Gasteiger partial charge in [-0.1, -0.05) is 263 Å². The van der Waals surface area contributed by atoms with E-state index >= 15 is 4.39 Å². The Morgan fingerprint density at radius 2 is 0.603 bits per heavy atom. The molecule has 4 aromatic heterocycles. The third-order valence-corrected chi connectivity index (χ3v) is 32.7. The predicted octanol–water partition coefficient (Wildman–Crippen LogP) is 34.5. The molecule has 136 heavy (non-hydrogen) atoms. The number of pyridine rings is 4. The van der Waals surface area contributed by atoms with E-state index in [2.05, 4.69) is 388 Å². The summed E-state index contributed by atoms with van der Waals surface area (Å²) in [6.07, 6.45) is 21.3. The second-order valence-corrected chi connectivity index (χ2v) is 44.9. The van der Waals surface area contributed by atoms with Gasteiger partial charge in [-0.25, -0.2) is 8.96 Å². The van der Waals surface area contributed by atoms with Gasteiger partial charge in [0.1, 0.15) is 35.4 Å². The Bertz CT molecular complexity index is 7130. The highest BCUT2D eigenvalue weighted by atomic mass is 19.1. The van der Waals surface area contributed by atoms with Crippen molar-refractivity contribution in [3.05, 3.63) is 358 Å². The summed E-state index contributed by atoms with van der Waals surface area (Å²) in [4.78, 5) is 0. The summed E-state index contributed by atoms with van der Waals surface area (Å²) in [6, 6.07) is 99.7. The highest BCUT2D eigenvalue weighted by molar-refractivity contribution is 5.99. The lowest BCUT2D eigenvalue weighted by molar-refractivity contribution is -0.665. The first kappa shape index (κ1) is 94.6. The zero-order chi connectivity index (χ0) is 96.8. The fourth-order valence-corrected chi connectivity index (χ4v) is 23.2. The topological polar surface area (TPSA) is 15.5 Å². The van der Waals surface area contributed by atoms with Gasteiger partial charge < -0.3 is 0 Å². The number of hydrogen-bond acceptors (Lipinski definition) is 0. The highest BCUT2D eigenvalue weighted by Crippen LogP contribution is 2.50. The molecular weight excluding hydrogens is 1650 g/mol. The fourth-order valence-electron chi connectivity index (χ4n) is 23.2. The standard InChI is InChI=1S/C34H40N.C33H38N.C32H35FN.C32H36N/c1-23(2)31-21-29(25-10-8-7-9-11-25)22-32(24(31)3)33-30-13-12-27(20-28(30)16-19-35(33)6)26-14-17-34(4,5)18-15-26;1-22-18-28(25-10-8-7-9-11-25)21-31(24(22)3)32-30-13-12-27(20-29(30)19-23(2)34(32)6)26-14-16-33(4,5)17-15-26;1-21-17-30(33)29(24-9-7-6-8-10-24)20-28(21)31-27-12-11-25(19-26(27)18-22(2)34(31)5)23-13-15-32(3,4)16-14-23;1-22-19-26(24-9-7-6-8-10-24)11-13-29(22)31-30-14-12-27(21-28(30)20-23(2)33(31)5)25-15-17-32(3,4)18-16-25/h7-13,16,19-23,26H,14-15,17-18H2,1-6H3;7-13,18-21,26H,14-17H2,1-6H3;6-12,17-20,23H,13-16H2,1-5H3;6-14,19-21,25H,15-18H2,1-5H3/q4*+1/i19D;;;. The summed E-state index contributed by atoms with van der Waals surface area (Å²) in [6.45, 7) is 41.5. The number of rotatable bonds is 13. The van der Waals surface area contributed by atoms with Crippen molar-refractivity contribution in [2.75, 3.05) is 0 Å². The molecule has 16 aromatic rings. The van der Waals surface area contributed by atoms with Gasteiger partial charge in [0.15, 0.2) is 23.3 Å². The van der Waals surface area contributed by atoms with E-state index in [1.54, 1.807) is 6.07 Å². The molecular formula is C131H149FN4+4. The van der Waals surface area contributed by atoms with Gasteiger partial charge in [0.2, 0.25) is 22.8 Å². The second kappa shape index (κ2) is 39.7. The molecule has 4 saturated carbocycles. The maximum Gasteiger partial charge on any atom is 0.220 e. The van der Waals surface area contributed by atoms with Crippen LogP contribution in [0.5, 0.6) is 0 Å².